The average molecular weight is 247 g/mol. The number of hydrogen-bond donors (Lipinski definition) is 0. The monoisotopic (exact) mass is 247 g/mol. The summed E-state index contributed by atoms with van der Waals surface area (Å²) >= 11 is 0. The van der Waals surface area contributed by atoms with Crippen LogP contribution in [-0.4, -0.2) is 30.2 Å². The Morgan fingerprint density at radius 1 is 1.39 bits per heavy atom. The van der Waals surface area contributed by atoms with Crippen molar-refractivity contribution in [1.29, 1.82) is 0 Å². The molecule has 0 saturated carbocycles. The van der Waals surface area contributed by atoms with E-state index < -0.39 is 5.92 Å². The zero-order chi connectivity index (χ0) is 13.1. The molecule has 1 aromatic rings. The number of hydrogen-bond acceptors (Lipinski definition) is 3. The SMILES string of the molecule is COc1ccc(CN2CCC(C(C)=O)C2=O)cc1. The normalized spacial score (nSPS) is 19.1. The van der Waals surface area contributed by atoms with E-state index in [2.05, 4.69) is 0 Å². The van der Waals surface area contributed by atoms with Crippen molar-refractivity contribution < 1.29 is 14.3 Å². The third-order valence-corrected chi connectivity index (χ3v) is 3.32. The van der Waals surface area contributed by atoms with E-state index in [1.807, 2.05) is 24.3 Å². The first-order valence-electron chi connectivity index (χ1n) is 6.04. The van der Waals surface area contributed by atoms with E-state index in [9.17, 15) is 9.59 Å². The van der Waals surface area contributed by atoms with Gasteiger partial charge in [0.2, 0.25) is 5.91 Å². The first kappa shape index (κ1) is 12.6. The summed E-state index contributed by atoms with van der Waals surface area (Å²) < 4.78 is 5.08. The lowest BCUT2D eigenvalue weighted by atomic mass is 10.0. The van der Waals surface area contributed by atoms with E-state index in [1.165, 1.54) is 6.92 Å². The highest BCUT2D eigenvalue weighted by molar-refractivity contribution is 6.01. The van der Waals surface area contributed by atoms with Crippen molar-refractivity contribution in [2.75, 3.05) is 13.7 Å². The van der Waals surface area contributed by atoms with Crippen LogP contribution in [0.4, 0.5) is 0 Å². The van der Waals surface area contributed by atoms with Gasteiger partial charge in [-0.3, -0.25) is 9.59 Å². The molecule has 0 radical (unpaired) electrons. The van der Waals surface area contributed by atoms with E-state index in [-0.39, 0.29) is 11.7 Å². The molecular weight excluding hydrogens is 230 g/mol. The molecule has 0 N–H and O–H groups in total. The molecule has 1 aromatic carbocycles. The van der Waals surface area contributed by atoms with Crippen LogP contribution >= 0.6 is 0 Å². The minimum absolute atomic E-state index is 0.0303. The van der Waals surface area contributed by atoms with Crippen LogP contribution in [0.5, 0.6) is 5.75 Å². The third kappa shape index (κ3) is 2.53. The van der Waals surface area contributed by atoms with Crippen LogP contribution in [-0.2, 0) is 16.1 Å². The zero-order valence-corrected chi connectivity index (χ0v) is 10.7. The molecule has 4 heteroatoms. The molecule has 1 atom stereocenters. The molecule has 18 heavy (non-hydrogen) atoms. The number of ether oxygens (including phenoxy) is 1. The van der Waals surface area contributed by atoms with Gasteiger partial charge in [-0.1, -0.05) is 12.1 Å². The fraction of sp³-hybridized carbons (Fsp3) is 0.429. The van der Waals surface area contributed by atoms with Crippen LogP contribution in [0.1, 0.15) is 18.9 Å². The Balaban J connectivity index is 2.02. The van der Waals surface area contributed by atoms with Gasteiger partial charge in [0.05, 0.1) is 13.0 Å². The molecule has 4 nitrogen and oxygen atoms in total. The summed E-state index contributed by atoms with van der Waals surface area (Å²) in [6.45, 7) is 2.71. The summed E-state index contributed by atoms with van der Waals surface area (Å²) in [6.07, 6.45) is 0.643. The number of nitrogens with zero attached hydrogens (tertiary/aromatic N) is 1. The number of methoxy groups -OCH3 is 1. The number of rotatable bonds is 4. The number of amides is 1. The van der Waals surface area contributed by atoms with Crippen molar-refractivity contribution in [2.45, 2.75) is 19.9 Å². The number of Topliss-reactive ketones (excluding diaryl/α,β-unsaturated/α-hetero) is 1. The van der Waals surface area contributed by atoms with Crippen molar-refractivity contribution in [1.82, 2.24) is 4.90 Å². The number of ketones is 1. The highest BCUT2D eigenvalue weighted by Gasteiger charge is 2.34. The van der Waals surface area contributed by atoms with Gasteiger partial charge < -0.3 is 9.64 Å². The maximum Gasteiger partial charge on any atom is 0.233 e. The largest absolute Gasteiger partial charge is 0.497 e. The van der Waals surface area contributed by atoms with E-state index in [4.69, 9.17) is 4.74 Å². The molecule has 1 aliphatic rings. The second-order valence-corrected chi connectivity index (χ2v) is 4.56. The van der Waals surface area contributed by atoms with Crippen LogP contribution in [0.25, 0.3) is 0 Å². The second kappa shape index (κ2) is 5.21. The lowest BCUT2D eigenvalue weighted by Crippen LogP contribution is -2.29. The molecule has 1 aliphatic heterocycles. The van der Waals surface area contributed by atoms with Gasteiger partial charge >= 0.3 is 0 Å². The fourth-order valence-electron chi connectivity index (χ4n) is 2.22. The Morgan fingerprint density at radius 2 is 2.06 bits per heavy atom. The first-order valence-corrected chi connectivity index (χ1v) is 6.04. The van der Waals surface area contributed by atoms with Gasteiger partial charge in [-0.25, -0.2) is 0 Å². The summed E-state index contributed by atoms with van der Waals surface area (Å²) in [6, 6.07) is 7.62. The molecule has 1 fully saturated rings. The van der Waals surface area contributed by atoms with Gasteiger partial charge in [-0.15, -0.1) is 0 Å². The molecule has 0 bridgehead atoms. The number of likely N-dealkylation sites (tertiary alicyclic amines) is 1. The van der Waals surface area contributed by atoms with E-state index in [0.29, 0.717) is 19.5 Å². The molecule has 0 spiro atoms. The second-order valence-electron chi connectivity index (χ2n) is 4.56. The molecule has 1 unspecified atom stereocenters. The lowest BCUT2D eigenvalue weighted by Gasteiger charge is -2.16. The van der Waals surface area contributed by atoms with Crippen LogP contribution in [0, 0.1) is 5.92 Å². The summed E-state index contributed by atoms with van der Waals surface area (Å²) in [5, 5.41) is 0. The number of carbonyl (C=O) groups is 2. The third-order valence-electron chi connectivity index (χ3n) is 3.32. The van der Waals surface area contributed by atoms with Gasteiger partial charge in [0.1, 0.15) is 11.5 Å². The molecule has 1 heterocycles. The average Bonchev–Trinajstić information content (AvgIpc) is 2.72. The number of carbonyl (C=O) groups excluding carboxylic acids is 2. The fourth-order valence-corrected chi connectivity index (χ4v) is 2.22. The summed E-state index contributed by atoms with van der Waals surface area (Å²) in [4.78, 5) is 25.0. The lowest BCUT2D eigenvalue weighted by molar-refractivity contribution is -0.136. The molecular formula is C14H17NO3. The minimum atomic E-state index is -0.428. The Kier molecular flexibility index (Phi) is 3.65. The van der Waals surface area contributed by atoms with Crippen LogP contribution in [0.15, 0.2) is 24.3 Å². The Labute approximate surface area is 107 Å². The quantitative estimate of drug-likeness (QED) is 0.760. The maximum atomic E-state index is 12.0. The summed E-state index contributed by atoms with van der Waals surface area (Å²) in [7, 11) is 1.62. The van der Waals surface area contributed by atoms with Gasteiger partial charge in [0, 0.05) is 13.1 Å². The molecule has 0 aliphatic carbocycles. The van der Waals surface area contributed by atoms with Crippen molar-refractivity contribution >= 4 is 11.7 Å². The predicted octanol–water partition coefficient (Wildman–Crippen LogP) is 1.63. The molecule has 1 saturated heterocycles. The zero-order valence-electron chi connectivity index (χ0n) is 10.7. The van der Waals surface area contributed by atoms with Crippen molar-refractivity contribution in [3.63, 3.8) is 0 Å². The summed E-state index contributed by atoms with van der Waals surface area (Å²) in [5.41, 5.74) is 1.05. The topological polar surface area (TPSA) is 46.6 Å². The van der Waals surface area contributed by atoms with E-state index in [1.54, 1.807) is 12.0 Å². The van der Waals surface area contributed by atoms with Gasteiger partial charge in [-0.05, 0) is 31.0 Å². The standard InChI is InChI=1S/C14H17NO3/c1-10(16)13-7-8-15(14(13)17)9-11-3-5-12(18-2)6-4-11/h3-6,13H,7-9H2,1-2H3. The maximum absolute atomic E-state index is 12.0. The van der Waals surface area contributed by atoms with Gasteiger partial charge in [0.15, 0.2) is 0 Å². The van der Waals surface area contributed by atoms with Crippen molar-refractivity contribution in [3.8, 4) is 5.75 Å². The highest BCUT2D eigenvalue weighted by Crippen LogP contribution is 2.21. The first-order chi connectivity index (χ1) is 8.61. The van der Waals surface area contributed by atoms with Crippen LogP contribution in [0.3, 0.4) is 0 Å². The summed E-state index contributed by atoms with van der Waals surface area (Å²) in [5.74, 6) is 0.298. The Hall–Kier alpha value is -1.84. The highest BCUT2D eigenvalue weighted by atomic mass is 16.5. The van der Waals surface area contributed by atoms with E-state index >= 15 is 0 Å². The predicted molar refractivity (Wildman–Crippen MR) is 67.2 cm³/mol. The molecule has 0 aromatic heterocycles. The van der Waals surface area contributed by atoms with Gasteiger partial charge in [0.25, 0.3) is 0 Å². The minimum Gasteiger partial charge on any atom is -0.497 e. The molecule has 96 valence electrons. The van der Waals surface area contributed by atoms with Gasteiger partial charge in [-0.2, -0.15) is 0 Å². The Morgan fingerprint density at radius 3 is 2.56 bits per heavy atom. The number of benzene rings is 1. The van der Waals surface area contributed by atoms with E-state index in [0.717, 1.165) is 11.3 Å². The van der Waals surface area contributed by atoms with Crippen LogP contribution < -0.4 is 4.74 Å². The molecule has 2 rings (SSSR count). The molecule has 1 amide bonds. The Bertz CT molecular complexity index is 453. The van der Waals surface area contributed by atoms with Crippen molar-refractivity contribution in [2.24, 2.45) is 5.92 Å². The smallest absolute Gasteiger partial charge is 0.233 e. The van der Waals surface area contributed by atoms with Crippen molar-refractivity contribution in [3.05, 3.63) is 29.8 Å². The van der Waals surface area contributed by atoms with Crippen LogP contribution in [0.2, 0.25) is 0 Å².